The zero-order chi connectivity index (χ0) is 21.8. The molecule has 0 saturated heterocycles. The molecule has 2 aromatic carbocycles. The number of carbonyl (C=O) groups excluding carboxylic acids is 2. The number of ether oxygens (including phenoxy) is 2. The second kappa shape index (κ2) is 8.84. The molecule has 158 valence electrons. The van der Waals surface area contributed by atoms with Gasteiger partial charge in [0, 0.05) is 0 Å². The largest absolute Gasteiger partial charge is 0.463 e. The molecule has 1 N–H and O–H groups in total. The van der Waals surface area contributed by atoms with E-state index in [2.05, 4.69) is 13.8 Å². The predicted molar refractivity (Wildman–Crippen MR) is 115 cm³/mol. The van der Waals surface area contributed by atoms with Gasteiger partial charge in [-0.05, 0) is 65.6 Å². The van der Waals surface area contributed by atoms with Gasteiger partial charge in [0.15, 0.2) is 5.60 Å². The lowest BCUT2D eigenvalue weighted by Crippen LogP contribution is -2.44. The van der Waals surface area contributed by atoms with Crippen molar-refractivity contribution < 1.29 is 24.2 Å². The molecule has 1 atom stereocenters. The van der Waals surface area contributed by atoms with Crippen LogP contribution in [0.4, 0.5) is 0 Å². The van der Waals surface area contributed by atoms with Gasteiger partial charge in [0.25, 0.3) is 0 Å². The lowest BCUT2D eigenvalue weighted by Gasteiger charge is -2.41. The molecule has 0 amide bonds. The Morgan fingerprint density at radius 2 is 1.80 bits per heavy atom. The third-order valence-corrected chi connectivity index (χ3v) is 5.55. The molecule has 5 heteroatoms. The molecule has 0 saturated carbocycles. The van der Waals surface area contributed by atoms with Crippen molar-refractivity contribution >= 4 is 18.0 Å². The maximum absolute atomic E-state index is 12.7. The normalized spacial score (nSPS) is 19.9. The van der Waals surface area contributed by atoms with E-state index in [-0.39, 0.29) is 12.0 Å². The van der Waals surface area contributed by atoms with Crippen LogP contribution < -0.4 is 0 Å². The molecule has 0 heterocycles. The maximum atomic E-state index is 12.7. The fraction of sp³-hybridized carbons (Fsp3) is 0.360. The average Bonchev–Trinajstić information content (AvgIpc) is 2.75. The van der Waals surface area contributed by atoms with Crippen LogP contribution in [0, 0.1) is 0 Å². The van der Waals surface area contributed by atoms with E-state index >= 15 is 0 Å². The van der Waals surface area contributed by atoms with Gasteiger partial charge in [0.05, 0.1) is 18.4 Å². The van der Waals surface area contributed by atoms with Crippen LogP contribution >= 0.6 is 0 Å². The highest BCUT2D eigenvalue weighted by Crippen LogP contribution is 2.45. The minimum absolute atomic E-state index is 0.172. The van der Waals surface area contributed by atoms with Gasteiger partial charge in [-0.3, -0.25) is 0 Å². The number of fused-ring (bicyclic) bond motifs is 1. The van der Waals surface area contributed by atoms with Crippen LogP contribution in [0.5, 0.6) is 0 Å². The van der Waals surface area contributed by atoms with Crippen molar-refractivity contribution in [3.8, 4) is 0 Å². The summed E-state index contributed by atoms with van der Waals surface area (Å²) in [6.07, 6.45) is 4.61. The van der Waals surface area contributed by atoms with Gasteiger partial charge >= 0.3 is 11.9 Å². The molecule has 0 aliphatic heterocycles. The highest BCUT2D eigenvalue weighted by atomic mass is 16.5. The average molecular weight is 408 g/mol. The molecule has 1 unspecified atom stereocenters. The zero-order valence-electron chi connectivity index (χ0n) is 17.7. The van der Waals surface area contributed by atoms with E-state index in [1.165, 1.54) is 6.26 Å². The van der Waals surface area contributed by atoms with E-state index in [9.17, 15) is 14.7 Å². The van der Waals surface area contributed by atoms with Crippen molar-refractivity contribution in [2.24, 2.45) is 0 Å². The van der Waals surface area contributed by atoms with E-state index in [0.29, 0.717) is 36.0 Å². The van der Waals surface area contributed by atoms with Crippen LogP contribution in [0.2, 0.25) is 0 Å². The van der Waals surface area contributed by atoms with E-state index in [1.807, 2.05) is 25.1 Å². The smallest absolute Gasteiger partial charge is 0.342 e. The summed E-state index contributed by atoms with van der Waals surface area (Å²) >= 11 is 0. The number of esters is 2. The fourth-order valence-corrected chi connectivity index (χ4v) is 3.70. The topological polar surface area (TPSA) is 72.8 Å². The van der Waals surface area contributed by atoms with Crippen LogP contribution in [-0.4, -0.2) is 23.7 Å². The third kappa shape index (κ3) is 4.46. The SMILES string of the molecule is CCCOC(=O)C1(O)CCC(C)(C)c2ccc(C=COC(=O)c3ccccc3)cc21. The van der Waals surface area contributed by atoms with Crippen molar-refractivity contribution in [1.29, 1.82) is 0 Å². The van der Waals surface area contributed by atoms with E-state index < -0.39 is 17.5 Å². The summed E-state index contributed by atoms with van der Waals surface area (Å²) in [6, 6.07) is 14.3. The number of carbonyl (C=O) groups is 2. The fourth-order valence-electron chi connectivity index (χ4n) is 3.70. The number of hydrogen-bond acceptors (Lipinski definition) is 5. The van der Waals surface area contributed by atoms with E-state index in [4.69, 9.17) is 9.47 Å². The molecule has 5 nitrogen and oxygen atoms in total. The molecular formula is C25H28O5. The summed E-state index contributed by atoms with van der Waals surface area (Å²) in [5.74, 6) is -1.07. The summed E-state index contributed by atoms with van der Waals surface area (Å²) in [7, 11) is 0. The Hall–Kier alpha value is -2.92. The highest BCUT2D eigenvalue weighted by Gasteiger charge is 2.47. The molecule has 0 bridgehead atoms. The van der Waals surface area contributed by atoms with Crippen molar-refractivity contribution in [2.45, 2.75) is 51.0 Å². The third-order valence-electron chi connectivity index (χ3n) is 5.55. The Morgan fingerprint density at radius 3 is 2.50 bits per heavy atom. The standard InChI is InChI=1S/C25H28O5/c1-4-15-30-23(27)25(28)14-13-24(2,3)20-11-10-18(17-21(20)25)12-16-29-22(26)19-8-6-5-7-9-19/h5-12,16-17,28H,4,13-15H2,1-3H3. The Bertz CT molecular complexity index is 945. The van der Waals surface area contributed by atoms with Crippen molar-refractivity contribution in [3.05, 3.63) is 77.0 Å². The summed E-state index contributed by atoms with van der Waals surface area (Å²) in [6.45, 7) is 6.38. The minimum atomic E-state index is -1.68. The van der Waals surface area contributed by atoms with Crippen LogP contribution in [0.25, 0.3) is 6.08 Å². The summed E-state index contributed by atoms with van der Waals surface area (Å²) < 4.78 is 10.5. The Labute approximate surface area is 177 Å². The molecule has 2 aromatic rings. The number of hydrogen-bond donors (Lipinski definition) is 1. The Kier molecular flexibility index (Phi) is 6.42. The molecule has 1 aliphatic rings. The van der Waals surface area contributed by atoms with Crippen LogP contribution in [-0.2, 0) is 25.3 Å². The summed E-state index contributed by atoms with van der Waals surface area (Å²) in [4.78, 5) is 24.7. The van der Waals surface area contributed by atoms with Crippen LogP contribution in [0.1, 0.15) is 67.1 Å². The van der Waals surface area contributed by atoms with Gasteiger partial charge in [-0.15, -0.1) is 0 Å². The monoisotopic (exact) mass is 408 g/mol. The van der Waals surface area contributed by atoms with Gasteiger partial charge in [0.1, 0.15) is 0 Å². The summed E-state index contributed by atoms with van der Waals surface area (Å²) in [5, 5.41) is 11.3. The minimum Gasteiger partial charge on any atom is -0.463 e. The molecule has 3 rings (SSSR count). The van der Waals surface area contributed by atoms with E-state index in [0.717, 1.165) is 5.56 Å². The second-order valence-corrected chi connectivity index (χ2v) is 8.26. The van der Waals surface area contributed by atoms with Crippen molar-refractivity contribution in [1.82, 2.24) is 0 Å². The molecule has 0 fully saturated rings. The highest BCUT2D eigenvalue weighted by molar-refractivity contribution is 5.90. The number of benzene rings is 2. The van der Waals surface area contributed by atoms with Crippen molar-refractivity contribution in [3.63, 3.8) is 0 Å². The summed E-state index contributed by atoms with van der Waals surface area (Å²) in [5.41, 5.74) is 0.801. The number of rotatable bonds is 6. The Morgan fingerprint density at radius 1 is 1.07 bits per heavy atom. The van der Waals surface area contributed by atoms with E-state index in [1.54, 1.807) is 36.4 Å². The lowest BCUT2D eigenvalue weighted by molar-refractivity contribution is -0.169. The Balaban J connectivity index is 1.86. The zero-order valence-corrected chi connectivity index (χ0v) is 17.7. The van der Waals surface area contributed by atoms with Crippen LogP contribution in [0.3, 0.4) is 0 Å². The first kappa shape index (κ1) is 21.8. The molecule has 0 radical (unpaired) electrons. The predicted octanol–water partition coefficient (Wildman–Crippen LogP) is 4.73. The van der Waals surface area contributed by atoms with Gasteiger partial charge < -0.3 is 14.6 Å². The van der Waals surface area contributed by atoms with Gasteiger partial charge in [-0.25, -0.2) is 9.59 Å². The van der Waals surface area contributed by atoms with Gasteiger partial charge in [-0.1, -0.05) is 51.1 Å². The first-order chi connectivity index (χ1) is 14.3. The second-order valence-electron chi connectivity index (χ2n) is 8.26. The first-order valence-electron chi connectivity index (χ1n) is 10.2. The first-order valence-corrected chi connectivity index (χ1v) is 10.2. The quantitative estimate of drug-likeness (QED) is 0.553. The lowest BCUT2D eigenvalue weighted by atomic mass is 9.66. The molecular weight excluding hydrogens is 380 g/mol. The molecule has 30 heavy (non-hydrogen) atoms. The number of aliphatic hydroxyl groups is 1. The van der Waals surface area contributed by atoms with Gasteiger partial charge in [-0.2, -0.15) is 0 Å². The van der Waals surface area contributed by atoms with Crippen molar-refractivity contribution in [2.75, 3.05) is 6.61 Å². The van der Waals surface area contributed by atoms with Gasteiger partial charge in [0.2, 0.25) is 0 Å². The molecule has 0 aromatic heterocycles. The maximum Gasteiger partial charge on any atom is 0.342 e. The molecule has 1 aliphatic carbocycles. The van der Waals surface area contributed by atoms with Crippen LogP contribution in [0.15, 0.2) is 54.8 Å². The molecule has 0 spiro atoms.